The SMILES string of the molecule is CS(=O)(=O)c1ccc(NC(=O)COc2cccc(C#N)c2)cc1. The minimum Gasteiger partial charge on any atom is -0.484 e. The fourth-order valence-corrected chi connectivity index (χ4v) is 2.42. The Morgan fingerprint density at radius 2 is 1.91 bits per heavy atom. The molecule has 118 valence electrons. The number of carbonyl (C=O) groups is 1. The van der Waals surface area contributed by atoms with Gasteiger partial charge in [0.15, 0.2) is 16.4 Å². The number of hydrogen-bond acceptors (Lipinski definition) is 5. The van der Waals surface area contributed by atoms with Crippen LogP contribution in [-0.4, -0.2) is 27.2 Å². The zero-order chi connectivity index (χ0) is 16.9. The normalized spacial score (nSPS) is 10.6. The van der Waals surface area contributed by atoms with Crippen LogP contribution in [0, 0.1) is 11.3 Å². The monoisotopic (exact) mass is 330 g/mol. The molecule has 2 rings (SSSR count). The van der Waals surface area contributed by atoms with Crippen LogP contribution in [0.5, 0.6) is 5.75 Å². The van der Waals surface area contributed by atoms with Gasteiger partial charge in [0.05, 0.1) is 16.5 Å². The average Bonchev–Trinajstić information content (AvgIpc) is 2.53. The van der Waals surface area contributed by atoms with E-state index in [1.54, 1.807) is 18.2 Å². The smallest absolute Gasteiger partial charge is 0.262 e. The molecule has 0 bridgehead atoms. The lowest BCUT2D eigenvalue weighted by atomic mass is 10.2. The van der Waals surface area contributed by atoms with Gasteiger partial charge in [0.2, 0.25) is 0 Å². The number of rotatable bonds is 5. The summed E-state index contributed by atoms with van der Waals surface area (Å²) < 4.78 is 28.0. The van der Waals surface area contributed by atoms with Crippen LogP contribution in [0.1, 0.15) is 5.56 Å². The van der Waals surface area contributed by atoms with Crippen LogP contribution in [-0.2, 0) is 14.6 Å². The van der Waals surface area contributed by atoms with Crippen LogP contribution in [0.4, 0.5) is 5.69 Å². The van der Waals surface area contributed by atoms with E-state index in [-0.39, 0.29) is 17.4 Å². The number of carbonyl (C=O) groups excluding carboxylic acids is 1. The maximum Gasteiger partial charge on any atom is 0.262 e. The summed E-state index contributed by atoms with van der Waals surface area (Å²) in [5.41, 5.74) is 0.913. The van der Waals surface area contributed by atoms with Gasteiger partial charge in [0.25, 0.3) is 5.91 Å². The molecule has 0 aromatic heterocycles. The van der Waals surface area contributed by atoms with Gasteiger partial charge in [-0.1, -0.05) is 6.07 Å². The number of amides is 1. The largest absolute Gasteiger partial charge is 0.484 e. The first-order valence-electron chi connectivity index (χ1n) is 6.61. The third-order valence-electron chi connectivity index (χ3n) is 2.90. The number of nitriles is 1. The molecule has 0 fully saturated rings. The standard InChI is InChI=1S/C16H14N2O4S/c1-23(20,21)15-7-5-13(6-8-15)18-16(19)11-22-14-4-2-3-12(9-14)10-17/h2-9H,11H2,1H3,(H,18,19). The Labute approximate surface area is 134 Å². The molecule has 2 aromatic carbocycles. The molecule has 0 aliphatic carbocycles. The van der Waals surface area contributed by atoms with Crippen LogP contribution >= 0.6 is 0 Å². The van der Waals surface area contributed by atoms with Gasteiger partial charge in [-0.2, -0.15) is 5.26 Å². The predicted molar refractivity (Wildman–Crippen MR) is 84.8 cm³/mol. The van der Waals surface area contributed by atoms with Crippen molar-refractivity contribution < 1.29 is 17.9 Å². The molecular formula is C16H14N2O4S. The van der Waals surface area contributed by atoms with Crippen LogP contribution in [0.15, 0.2) is 53.4 Å². The van der Waals surface area contributed by atoms with Crippen molar-refractivity contribution in [3.05, 3.63) is 54.1 Å². The molecule has 0 saturated carbocycles. The summed E-state index contributed by atoms with van der Waals surface area (Å²) in [6.45, 7) is -0.220. The lowest BCUT2D eigenvalue weighted by Crippen LogP contribution is -2.20. The van der Waals surface area contributed by atoms with Crippen molar-refractivity contribution in [2.75, 3.05) is 18.2 Å². The van der Waals surface area contributed by atoms with Gasteiger partial charge in [-0.05, 0) is 42.5 Å². The highest BCUT2D eigenvalue weighted by atomic mass is 32.2. The van der Waals surface area contributed by atoms with Crippen LogP contribution in [0.3, 0.4) is 0 Å². The number of nitrogens with one attached hydrogen (secondary N) is 1. The van der Waals surface area contributed by atoms with E-state index in [2.05, 4.69) is 5.32 Å². The maximum atomic E-state index is 11.8. The summed E-state index contributed by atoms with van der Waals surface area (Å²) in [6.07, 6.45) is 1.11. The molecule has 2 aromatic rings. The van der Waals surface area contributed by atoms with Crippen molar-refractivity contribution in [3.63, 3.8) is 0 Å². The van der Waals surface area contributed by atoms with E-state index in [4.69, 9.17) is 10.00 Å². The van der Waals surface area contributed by atoms with Gasteiger partial charge < -0.3 is 10.1 Å². The van der Waals surface area contributed by atoms with Crippen molar-refractivity contribution >= 4 is 21.4 Å². The summed E-state index contributed by atoms with van der Waals surface area (Å²) in [7, 11) is -3.26. The molecule has 0 spiro atoms. The number of nitrogens with zero attached hydrogens (tertiary/aromatic N) is 1. The third kappa shape index (κ3) is 4.83. The average molecular weight is 330 g/mol. The highest BCUT2D eigenvalue weighted by molar-refractivity contribution is 7.90. The van der Waals surface area contributed by atoms with Crippen molar-refractivity contribution in [2.24, 2.45) is 0 Å². The first-order chi connectivity index (χ1) is 10.9. The van der Waals surface area contributed by atoms with Gasteiger partial charge in [0.1, 0.15) is 5.75 Å². The fourth-order valence-electron chi connectivity index (χ4n) is 1.79. The highest BCUT2D eigenvalue weighted by Gasteiger charge is 2.08. The Kier molecular flexibility index (Phi) is 4.98. The van der Waals surface area contributed by atoms with Crippen LogP contribution in [0.2, 0.25) is 0 Å². The zero-order valence-electron chi connectivity index (χ0n) is 12.3. The Morgan fingerprint density at radius 3 is 2.52 bits per heavy atom. The third-order valence-corrected chi connectivity index (χ3v) is 4.03. The number of anilines is 1. The summed E-state index contributed by atoms with van der Waals surface area (Å²) in [4.78, 5) is 12.0. The van der Waals surface area contributed by atoms with Gasteiger partial charge in [-0.3, -0.25) is 4.79 Å². The Morgan fingerprint density at radius 1 is 1.22 bits per heavy atom. The number of sulfone groups is 1. The van der Waals surface area contributed by atoms with Gasteiger partial charge in [-0.15, -0.1) is 0 Å². The van der Waals surface area contributed by atoms with E-state index < -0.39 is 9.84 Å². The molecule has 23 heavy (non-hydrogen) atoms. The highest BCUT2D eigenvalue weighted by Crippen LogP contribution is 2.15. The van der Waals surface area contributed by atoms with Crippen LogP contribution < -0.4 is 10.1 Å². The lowest BCUT2D eigenvalue weighted by Gasteiger charge is -2.08. The van der Waals surface area contributed by atoms with Crippen LogP contribution in [0.25, 0.3) is 0 Å². The second-order valence-corrected chi connectivity index (χ2v) is 6.79. The Bertz CT molecular complexity index is 852. The lowest BCUT2D eigenvalue weighted by molar-refractivity contribution is -0.118. The molecule has 0 unspecified atom stereocenters. The summed E-state index contributed by atoms with van der Waals surface area (Å²) in [6, 6.07) is 14.3. The van der Waals surface area contributed by atoms with E-state index in [1.165, 1.54) is 30.3 Å². The second kappa shape index (κ2) is 6.94. The van der Waals surface area contributed by atoms with E-state index in [1.807, 2.05) is 6.07 Å². The molecule has 1 N–H and O–H groups in total. The van der Waals surface area contributed by atoms with Crippen molar-refractivity contribution in [1.82, 2.24) is 0 Å². The summed E-state index contributed by atoms with van der Waals surface area (Å²) in [5, 5.41) is 11.4. The van der Waals surface area contributed by atoms with Gasteiger partial charge >= 0.3 is 0 Å². The maximum absolute atomic E-state index is 11.8. The molecule has 0 heterocycles. The predicted octanol–water partition coefficient (Wildman–Crippen LogP) is 1.98. The Balaban J connectivity index is 1.93. The molecule has 1 amide bonds. The van der Waals surface area contributed by atoms with Gasteiger partial charge in [0, 0.05) is 11.9 Å². The molecule has 0 aliphatic rings. The summed E-state index contributed by atoms with van der Waals surface area (Å²) >= 11 is 0. The minimum atomic E-state index is -3.26. The number of benzene rings is 2. The first kappa shape index (κ1) is 16.5. The number of hydrogen-bond donors (Lipinski definition) is 1. The molecular weight excluding hydrogens is 316 g/mol. The summed E-state index contributed by atoms with van der Waals surface area (Å²) in [5.74, 6) is 0.0334. The van der Waals surface area contributed by atoms with Crippen molar-refractivity contribution in [3.8, 4) is 11.8 Å². The molecule has 7 heteroatoms. The van der Waals surface area contributed by atoms with Crippen molar-refractivity contribution in [1.29, 1.82) is 5.26 Å². The molecule has 0 atom stereocenters. The second-order valence-electron chi connectivity index (χ2n) is 4.77. The zero-order valence-corrected chi connectivity index (χ0v) is 13.1. The molecule has 0 aliphatic heterocycles. The van der Waals surface area contributed by atoms with E-state index in [0.29, 0.717) is 17.0 Å². The Hall–Kier alpha value is -2.85. The topological polar surface area (TPSA) is 96.3 Å². The fraction of sp³-hybridized carbons (Fsp3) is 0.125. The molecule has 0 radical (unpaired) electrons. The first-order valence-corrected chi connectivity index (χ1v) is 8.50. The quantitative estimate of drug-likeness (QED) is 0.904. The van der Waals surface area contributed by atoms with E-state index >= 15 is 0 Å². The van der Waals surface area contributed by atoms with Crippen molar-refractivity contribution in [2.45, 2.75) is 4.90 Å². The number of ether oxygens (including phenoxy) is 1. The molecule has 0 saturated heterocycles. The van der Waals surface area contributed by atoms with Gasteiger partial charge in [-0.25, -0.2) is 8.42 Å². The van der Waals surface area contributed by atoms with E-state index in [9.17, 15) is 13.2 Å². The molecule has 6 nitrogen and oxygen atoms in total. The minimum absolute atomic E-state index is 0.181. The van der Waals surface area contributed by atoms with E-state index in [0.717, 1.165) is 6.26 Å².